The Kier molecular flexibility index (Phi) is 3.14. The van der Waals surface area contributed by atoms with E-state index in [1.54, 1.807) is 0 Å². The zero-order valence-corrected chi connectivity index (χ0v) is 8.94. The second kappa shape index (κ2) is 4.58. The normalized spacial score (nSPS) is 20.2. The highest BCUT2D eigenvalue weighted by atomic mass is 19.1. The van der Waals surface area contributed by atoms with E-state index < -0.39 is 24.2 Å². The first-order chi connectivity index (χ1) is 8.11. The van der Waals surface area contributed by atoms with E-state index in [1.807, 2.05) is 0 Å². The number of imide groups is 1. The van der Waals surface area contributed by atoms with E-state index in [-0.39, 0.29) is 17.9 Å². The van der Waals surface area contributed by atoms with Gasteiger partial charge in [-0.25, -0.2) is 4.39 Å². The Bertz CT molecular complexity index is 476. The molecule has 5 nitrogen and oxygen atoms in total. The quantitative estimate of drug-likeness (QED) is 0.723. The van der Waals surface area contributed by atoms with Gasteiger partial charge in [0.2, 0.25) is 11.8 Å². The van der Waals surface area contributed by atoms with Crippen LogP contribution in [0.15, 0.2) is 12.3 Å². The Morgan fingerprint density at radius 3 is 2.94 bits per heavy atom. The van der Waals surface area contributed by atoms with Crippen LogP contribution in [0.3, 0.4) is 0 Å². The lowest BCUT2D eigenvalue weighted by atomic mass is 9.93. The Morgan fingerprint density at radius 2 is 2.29 bits per heavy atom. The van der Waals surface area contributed by atoms with Crippen molar-refractivity contribution in [3.8, 4) is 0 Å². The molecule has 0 aliphatic carbocycles. The van der Waals surface area contributed by atoms with Crippen molar-refractivity contribution in [2.75, 3.05) is 0 Å². The number of aliphatic hydroxyl groups excluding tert-OH is 1. The van der Waals surface area contributed by atoms with Gasteiger partial charge in [-0.1, -0.05) is 0 Å². The van der Waals surface area contributed by atoms with Gasteiger partial charge in [0.15, 0.2) is 0 Å². The zero-order valence-electron chi connectivity index (χ0n) is 8.94. The number of carbonyl (C=O) groups is 2. The minimum Gasteiger partial charge on any atom is -0.392 e. The van der Waals surface area contributed by atoms with Crippen LogP contribution in [0.2, 0.25) is 0 Å². The number of rotatable bonds is 2. The van der Waals surface area contributed by atoms with Crippen molar-refractivity contribution >= 4 is 11.8 Å². The standard InChI is InChI=1S/C11H11FN2O3/c12-8-4-13-9(3-6(8)5-15)7-1-2-10(16)14-11(7)17/h3-4,7,15H,1-2,5H2,(H,14,16,17). The predicted octanol–water partition coefficient (Wildman–Crippen LogP) is 0.233. The summed E-state index contributed by atoms with van der Waals surface area (Å²) in [6.07, 6.45) is 1.57. The van der Waals surface area contributed by atoms with Crippen LogP contribution in [0.4, 0.5) is 4.39 Å². The van der Waals surface area contributed by atoms with Crippen LogP contribution in [-0.2, 0) is 16.2 Å². The van der Waals surface area contributed by atoms with Crippen molar-refractivity contribution < 1.29 is 19.1 Å². The smallest absolute Gasteiger partial charge is 0.235 e. The summed E-state index contributed by atoms with van der Waals surface area (Å²) in [7, 11) is 0. The third-order valence-corrected chi connectivity index (χ3v) is 2.72. The van der Waals surface area contributed by atoms with Crippen molar-refractivity contribution in [2.24, 2.45) is 0 Å². The molecular weight excluding hydrogens is 227 g/mol. The van der Waals surface area contributed by atoms with Gasteiger partial charge in [-0.3, -0.25) is 19.9 Å². The van der Waals surface area contributed by atoms with E-state index in [0.29, 0.717) is 12.1 Å². The van der Waals surface area contributed by atoms with Crippen LogP contribution in [0.5, 0.6) is 0 Å². The number of hydrogen-bond donors (Lipinski definition) is 2. The number of nitrogens with one attached hydrogen (secondary N) is 1. The zero-order chi connectivity index (χ0) is 12.4. The summed E-state index contributed by atoms with van der Waals surface area (Å²) in [5.74, 6) is -1.90. The highest BCUT2D eigenvalue weighted by Crippen LogP contribution is 2.24. The van der Waals surface area contributed by atoms with Gasteiger partial charge in [0, 0.05) is 12.0 Å². The van der Waals surface area contributed by atoms with Gasteiger partial charge in [-0.15, -0.1) is 0 Å². The van der Waals surface area contributed by atoms with Gasteiger partial charge < -0.3 is 5.11 Å². The summed E-state index contributed by atoms with van der Waals surface area (Å²) in [5.41, 5.74) is 0.472. The molecule has 2 rings (SSSR count). The third-order valence-electron chi connectivity index (χ3n) is 2.72. The minimum absolute atomic E-state index is 0.0969. The van der Waals surface area contributed by atoms with Crippen LogP contribution < -0.4 is 5.32 Å². The molecule has 1 unspecified atom stereocenters. The summed E-state index contributed by atoms with van der Waals surface area (Å²) in [6.45, 7) is -0.450. The number of nitrogens with zero attached hydrogens (tertiary/aromatic N) is 1. The summed E-state index contributed by atoms with van der Waals surface area (Å²) < 4.78 is 13.1. The number of pyridine rings is 1. The molecule has 2 heterocycles. The molecule has 2 N–H and O–H groups in total. The van der Waals surface area contributed by atoms with Crippen LogP contribution in [0.25, 0.3) is 0 Å². The molecule has 0 radical (unpaired) electrons. The summed E-state index contributed by atoms with van der Waals surface area (Å²) in [5, 5.41) is 11.1. The fourth-order valence-electron chi connectivity index (χ4n) is 1.79. The molecular formula is C11H11FN2O3. The Labute approximate surface area is 96.7 Å². The highest BCUT2D eigenvalue weighted by Gasteiger charge is 2.29. The van der Waals surface area contributed by atoms with Gasteiger partial charge in [-0.05, 0) is 12.5 Å². The van der Waals surface area contributed by atoms with Crippen LogP contribution in [-0.4, -0.2) is 21.9 Å². The lowest BCUT2D eigenvalue weighted by molar-refractivity contribution is -0.134. The molecule has 17 heavy (non-hydrogen) atoms. The van der Waals surface area contributed by atoms with E-state index >= 15 is 0 Å². The second-order valence-electron chi connectivity index (χ2n) is 3.86. The van der Waals surface area contributed by atoms with E-state index in [1.165, 1.54) is 6.07 Å². The molecule has 1 aromatic rings. The molecule has 0 bridgehead atoms. The molecule has 0 aromatic carbocycles. The number of piperidine rings is 1. The number of halogens is 1. The van der Waals surface area contributed by atoms with Gasteiger partial charge in [-0.2, -0.15) is 0 Å². The largest absolute Gasteiger partial charge is 0.392 e. The lowest BCUT2D eigenvalue weighted by Gasteiger charge is -2.20. The van der Waals surface area contributed by atoms with Gasteiger partial charge >= 0.3 is 0 Å². The summed E-state index contributed by atoms with van der Waals surface area (Å²) >= 11 is 0. The molecule has 6 heteroatoms. The maximum Gasteiger partial charge on any atom is 0.235 e. The monoisotopic (exact) mass is 238 g/mol. The van der Waals surface area contributed by atoms with E-state index in [9.17, 15) is 14.0 Å². The number of carbonyl (C=O) groups excluding carboxylic acids is 2. The number of hydrogen-bond acceptors (Lipinski definition) is 4. The number of aliphatic hydroxyl groups is 1. The maximum atomic E-state index is 13.1. The molecule has 1 fully saturated rings. The molecule has 2 amide bonds. The second-order valence-corrected chi connectivity index (χ2v) is 3.86. The highest BCUT2D eigenvalue weighted by molar-refractivity contribution is 6.00. The van der Waals surface area contributed by atoms with Crippen molar-refractivity contribution in [1.82, 2.24) is 10.3 Å². The Hall–Kier alpha value is -1.82. The maximum absolute atomic E-state index is 13.1. The minimum atomic E-state index is -0.608. The number of aromatic nitrogens is 1. The predicted molar refractivity (Wildman–Crippen MR) is 55.2 cm³/mol. The Morgan fingerprint density at radius 1 is 1.53 bits per heavy atom. The molecule has 1 saturated heterocycles. The first-order valence-electron chi connectivity index (χ1n) is 5.20. The fraction of sp³-hybridized carbons (Fsp3) is 0.364. The van der Waals surface area contributed by atoms with Crippen molar-refractivity contribution in [3.05, 3.63) is 29.3 Å². The number of amides is 2. The third kappa shape index (κ3) is 2.31. The fourth-order valence-corrected chi connectivity index (χ4v) is 1.79. The Balaban J connectivity index is 2.28. The molecule has 0 saturated carbocycles. The van der Waals surface area contributed by atoms with Crippen LogP contribution in [0, 0.1) is 5.82 Å². The van der Waals surface area contributed by atoms with Gasteiger partial charge in [0.25, 0.3) is 0 Å². The molecule has 1 aliphatic rings. The SMILES string of the molecule is O=C1CCC(c2cc(CO)c(F)cn2)C(=O)N1. The topological polar surface area (TPSA) is 79.3 Å². The van der Waals surface area contributed by atoms with E-state index in [4.69, 9.17) is 5.11 Å². The lowest BCUT2D eigenvalue weighted by Crippen LogP contribution is -2.39. The van der Waals surface area contributed by atoms with E-state index in [0.717, 1.165) is 6.20 Å². The summed E-state index contributed by atoms with van der Waals surface area (Å²) in [4.78, 5) is 26.4. The average molecular weight is 238 g/mol. The van der Waals surface area contributed by atoms with Crippen molar-refractivity contribution in [3.63, 3.8) is 0 Å². The molecule has 0 spiro atoms. The van der Waals surface area contributed by atoms with Crippen molar-refractivity contribution in [1.29, 1.82) is 0 Å². The first kappa shape index (κ1) is 11.7. The van der Waals surface area contributed by atoms with Gasteiger partial charge in [0.05, 0.1) is 24.4 Å². The molecule has 1 atom stereocenters. The average Bonchev–Trinajstić information content (AvgIpc) is 2.30. The van der Waals surface area contributed by atoms with Crippen molar-refractivity contribution in [2.45, 2.75) is 25.4 Å². The molecule has 1 aromatic heterocycles. The van der Waals surface area contributed by atoms with Gasteiger partial charge in [0.1, 0.15) is 5.82 Å². The molecule has 90 valence electrons. The first-order valence-corrected chi connectivity index (χ1v) is 5.20. The van der Waals surface area contributed by atoms with Crippen LogP contribution >= 0.6 is 0 Å². The van der Waals surface area contributed by atoms with E-state index in [2.05, 4.69) is 10.3 Å². The summed E-state index contributed by atoms with van der Waals surface area (Å²) in [6, 6.07) is 1.36. The van der Waals surface area contributed by atoms with Crippen LogP contribution in [0.1, 0.15) is 30.0 Å². The molecule has 1 aliphatic heterocycles.